The van der Waals surface area contributed by atoms with Crippen LogP contribution in [0.25, 0.3) is 0 Å². The van der Waals surface area contributed by atoms with Crippen LogP contribution in [0.3, 0.4) is 0 Å². The average molecular weight is 527 g/mol. The van der Waals surface area contributed by atoms with Crippen LogP contribution < -0.4 is 19.5 Å². The summed E-state index contributed by atoms with van der Waals surface area (Å²) in [5.74, 6) is -2.62. The molecule has 0 fully saturated rings. The van der Waals surface area contributed by atoms with E-state index in [-0.39, 0.29) is 40.8 Å². The van der Waals surface area contributed by atoms with Gasteiger partial charge in [-0.1, -0.05) is 60.7 Å². The molecule has 8 nitrogen and oxygen atoms in total. The van der Waals surface area contributed by atoms with Crippen LogP contribution in [0.5, 0.6) is 17.2 Å². The molecule has 0 aromatic heterocycles. The summed E-state index contributed by atoms with van der Waals surface area (Å²) < 4.78 is 59.8. The molecule has 3 aromatic carbocycles. The van der Waals surface area contributed by atoms with Crippen LogP contribution in [0.4, 0.5) is 13.2 Å². The van der Waals surface area contributed by atoms with Gasteiger partial charge in [-0.15, -0.1) is 0 Å². The standard InChI is InChI=1S/C27H24F3N3O5/c1-36-20-14-19(15-21(37-2)22(20)38-3)24(34)32-26(27(28,29)30)25(35)33(16-17-10-6-4-7-11-17)23(31-26)18-12-8-5-9-13-18/h4-15H,16H2,1-3H3,(H,32,34). The summed E-state index contributed by atoms with van der Waals surface area (Å²) in [7, 11) is 3.94. The number of rotatable bonds is 8. The Kier molecular flexibility index (Phi) is 7.29. The summed E-state index contributed by atoms with van der Waals surface area (Å²) in [5, 5.41) is 1.86. The molecule has 11 heteroatoms. The predicted molar refractivity (Wildman–Crippen MR) is 132 cm³/mol. The summed E-state index contributed by atoms with van der Waals surface area (Å²) >= 11 is 0. The van der Waals surface area contributed by atoms with Gasteiger partial charge in [-0.3, -0.25) is 14.5 Å². The molecule has 1 aliphatic heterocycles. The first-order chi connectivity index (χ1) is 18.1. The normalized spacial score (nSPS) is 17.2. The van der Waals surface area contributed by atoms with Gasteiger partial charge in [-0.2, -0.15) is 13.2 Å². The Hall–Kier alpha value is -4.54. The van der Waals surface area contributed by atoms with Crippen molar-refractivity contribution in [1.29, 1.82) is 0 Å². The quantitative estimate of drug-likeness (QED) is 0.475. The number of benzene rings is 3. The van der Waals surface area contributed by atoms with Crippen LogP contribution >= 0.6 is 0 Å². The van der Waals surface area contributed by atoms with E-state index in [0.717, 1.165) is 4.90 Å². The van der Waals surface area contributed by atoms with Crippen molar-refractivity contribution in [1.82, 2.24) is 10.2 Å². The molecule has 198 valence electrons. The largest absolute Gasteiger partial charge is 0.493 e. The lowest BCUT2D eigenvalue weighted by Gasteiger charge is -2.29. The Morgan fingerprint density at radius 2 is 1.47 bits per heavy atom. The van der Waals surface area contributed by atoms with Crippen molar-refractivity contribution >= 4 is 17.6 Å². The lowest BCUT2D eigenvalue weighted by molar-refractivity contribution is -0.196. The SMILES string of the molecule is COc1cc(C(=O)NC2(C(F)(F)F)N=C(c3ccccc3)N(Cc3ccccc3)C2=O)cc(OC)c1OC. The third-order valence-corrected chi connectivity index (χ3v) is 5.93. The second-order valence-corrected chi connectivity index (χ2v) is 8.25. The van der Waals surface area contributed by atoms with Crippen molar-refractivity contribution < 1.29 is 37.0 Å². The number of carbonyl (C=O) groups is 2. The summed E-state index contributed by atoms with van der Waals surface area (Å²) in [6.07, 6.45) is -5.27. The molecule has 0 bridgehead atoms. The zero-order valence-corrected chi connectivity index (χ0v) is 20.7. The van der Waals surface area contributed by atoms with Gasteiger partial charge in [0.2, 0.25) is 5.75 Å². The van der Waals surface area contributed by atoms with Crippen molar-refractivity contribution in [2.24, 2.45) is 4.99 Å². The number of hydrogen-bond acceptors (Lipinski definition) is 6. The van der Waals surface area contributed by atoms with E-state index in [4.69, 9.17) is 14.2 Å². The second-order valence-electron chi connectivity index (χ2n) is 8.25. The van der Waals surface area contributed by atoms with E-state index in [1.54, 1.807) is 48.5 Å². The molecule has 4 rings (SSSR count). The van der Waals surface area contributed by atoms with E-state index >= 15 is 0 Å². The van der Waals surface area contributed by atoms with Crippen molar-refractivity contribution in [3.8, 4) is 17.2 Å². The van der Waals surface area contributed by atoms with Gasteiger partial charge in [0.25, 0.3) is 11.8 Å². The Balaban J connectivity index is 1.81. The monoisotopic (exact) mass is 527 g/mol. The maximum absolute atomic E-state index is 14.7. The average Bonchev–Trinajstić information content (AvgIpc) is 3.20. The molecule has 1 heterocycles. The van der Waals surface area contributed by atoms with E-state index < -0.39 is 23.7 Å². The summed E-state index contributed by atoms with van der Waals surface area (Å²) in [4.78, 5) is 31.6. The predicted octanol–water partition coefficient (Wildman–Crippen LogP) is 4.19. The molecule has 1 N–H and O–H groups in total. The number of ether oxygens (including phenoxy) is 3. The summed E-state index contributed by atoms with van der Waals surface area (Å²) in [6.45, 7) is -0.189. The number of methoxy groups -OCH3 is 3. The maximum atomic E-state index is 14.7. The lowest BCUT2D eigenvalue weighted by Crippen LogP contribution is -2.63. The van der Waals surface area contributed by atoms with Crippen LogP contribution in [0.2, 0.25) is 0 Å². The highest BCUT2D eigenvalue weighted by atomic mass is 19.4. The van der Waals surface area contributed by atoms with E-state index in [1.807, 2.05) is 5.32 Å². The van der Waals surface area contributed by atoms with Gasteiger partial charge in [0.05, 0.1) is 27.9 Å². The molecule has 0 spiro atoms. The first-order valence-electron chi connectivity index (χ1n) is 11.4. The number of halogens is 3. The maximum Gasteiger partial charge on any atom is 0.442 e. The molecule has 3 aromatic rings. The Labute approximate surface area is 216 Å². The highest BCUT2D eigenvalue weighted by Crippen LogP contribution is 2.41. The minimum atomic E-state index is -5.27. The number of amidine groups is 1. The van der Waals surface area contributed by atoms with Crippen LogP contribution in [0, 0.1) is 0 Å². The van der Waals surface area contributed by atoms with Gasteiger partial charge in [0, 0.05) is 11.1 Å². The molecule has 1 atom stereocenters. The first-order valence-corrected chi connectivity index (χ1v) is 11.4. The van der Waals surface area contributed by atoms with Gasteiger partial charge in [0.15, 0.2) is 11.5 Å². The second kappa shape index (κ2) is 10.4. The highest BCUT2D eigenvalue weighted by molar-refractivity contribution is 6.16. The molecular weight excluding hydrogens is 503 g/mol. The van der Waals surface area contributed by atoms with Gasteiger partial charge in [-0.05, 0) is 17.7 Å². The fourth-order valence-corrected chi connectivity index (χ4v) is 4.06. The summed E-state index contributed by atoms with van der Waals surface area (Å²) in [5.41, 5.74) is -2.96. The molecular formula is C27H24F3N3O5. The van der Waals surface area contributed by atoms with E-state index in [9.17, 15) is 22.8 Å². The topological polar surface area (TPSA) is 89.5 Å². The lowest BCUT2D eigenvalue weighted by atomic mass is 10.1. The molecule has 0 radical (unpaired) electrons. The Bertz CT molecular complexity index is 1340. The van der Waals surface area contributed by atoms with Crippen LogP contribution in [0.15, 0.2) is 77.8 Å². The van der Waals surface area contributed by atoms with Gasteiger partial charge in [-0.25, -0.2) is 4.99 Å². The van der Waals surface area contributed by atoms with Crippen LogP contribution in [-0.4, -0.2) is 55.7 Å². The van der Waals surface area contributed by atoms with Gasteiger partial charge < -0.3 is 19.5 Å². The molecule has 38 heavy (non-hydrogen) atoms. The Morgan fingerprint density at radius 3 is 1.97 bits per heavy atom. The zero-order valence-electron chi connectivity index (χ0n) is 20.7. The molecule has 1 unspecified atom stereocenters. The number of nitrogens with zero attached hydrogens (tertiary/aromatic N) is 2. The number of nitrogens with one attached hydrogen (secondary N) is 1. The van der Waals surface area contributed by atoms with Crippen molar-refractivity contribution in [3.05, 3.63) is 89.5 Å². The van der Waals surface area contributed by atoms with Crippen LogP contribution in [0.1, 0.15) is 21.5 Å². The fourth-order valence-electron chi connectivity index (χ4n) is 4.06. The van der Waals surface area contributed by atoms with Gasteiger partial charge >= 0.3 is 11.8 Å². The highest BCUT2D eigenvalue weighted by Gasteiger charge is 2.67. The van der Waals surface area contributed by atoms with Crippen LogP contribution in [-0.2, 0) is 11.3 Å². The molecule has 1 aliphatic rings. The molecule has 2 amide bonds. The number of carbonyl (C=O) groups excluding carboxylic acids is 2. The van der Waals surface area contributed by atoms with E-state index in [0.29, 0.717) is 5.56 Å². The third kappa shape index (κ3) is 4.74. The number of alkyl halides is 3. The number of aliphatic imine (C=N–C) groups is 1. The molecule has 0 saturated carbocycles. The number of hydrogen-bond donors (Lipinski definition) is 1. The van der Waals surface area contributed by atoms with E-state index in [1.165, 1.54) is 45.6 Å². The smallest absolute Gasteiger partial charge is 0.442 e. The fraction of sp³-hybridized carbons (Fsp3) is 0.222. The third-order valence-electron chi connectivity index (χ3n) is 5.93. The molecule has 0 aliphatic carbocycles. The van der Waals surface area contributed by atoms with Crippen molar-refractivity contribution in [3.63, 3.8) is 0 Å². The minimum Gasteiger partial charge on any atom is -0.493 e. The Morgan fingerprint density at radius 1 is 0.921 bits per heavy atom. The molecule has 0 saturated heterocycles. The zero-order chi connectivity index (χ0) is 27.5. The van der Waals surface area contributed by atoms with Crippen molar-refractivity contribution in [2.75, 3.05) is 21.3 Å². The van der Waals surface area contributed by atoms with Crippen molar-refractivity contribution in [2.45, 2.75) is 18.4 Å². The van der Waals surface area contributed by atoms with E-state index in [2.05, 4.69) is 4.99 Å². The number of amides is 2. The van der Waals surface area contributed by atoms with Gasteiger partial charge in [0.1, 0.15) is 5.84 Å². The first kappa shape index (κ1) is 26.5. The summed E-state index contributed by atoms with van der Waals surface area (Å²) in [6, 6.07) is 18.9. The minimum absolute atomic E-state index is 0.0509.